The van der Waals surface area contributed by atoms with E-state index in [1.54, 1.807) is 19.1 Å². The van der Waals surface area contributed by atoms with Crippen molar-refractivity contribution in [2.45, 2.75) is 33.2 Å². The van der Waals surface area contributed by atoms with E-state index in [1.165, 1.54) is 18.4 Å². The molecule has 140 valence electrons. The fraction of sp³-hybridized carbons (Fsp3) is 0.263. The summed E-state index contributed by atoms with van der Waals surface area (Å²) in [5.41, 5.74) is 5.41. The van der Waals surface area contributed by atoms with Crippen molar-refractivity contribution in [2.24, 2.45) is 5.73 Å². The number of carbonyl (C=O) groups excluding carboxylic acids is 1. The maximum Gasteiger partial charge on any atom is 0.329 e. The lowest BCUT2D eigenvalue weighted by Gasteiger charge is -2.25. The van der Waals surface area contributed by atoms with Crippen molar-refractivity contribution in [1.82, 2.24) is 9.55 Å². The first-order valence-electron chi connectivity index (χ1n) is 8.22. The van der Waals surface area contributed by atoms with E-state index in [2.05, 4.69) is 4.98 Å². The van der Waals surface area contributed by atoms with E-state index in [0.29, 0.717) is 16.0 Å². The second-order valence-electron chi connectivity index (χ2n) is 6.91. The largest absolute Gasteiger partial charge is 0.480 e. The summed E-state index contributed by atoms with van der Waals surface area (Å²) in [6.07, 6.45) is 0. The highest BCUT2D eigenvalue weighted by molar-refractivity contribution is 7.20. The van der Waals surface area contributed by atoms with Crippen LogP contribution in [0.1, 0.15) is 34.6 Å². The van der Waals surface area contributed by atoms with Gasteiger partial charge in [-0.2, -0.15) is 0 Å². The molecule has 0 bridgehead atoms. The van der Waals surface area contributed by atoms with E-state index in [1.807, 2.05) is 19.1 Å². The fourth-order valence-corrected chi connectivity index (χ4v) is 3.95. The molecule has 3 aromatic rings. The summed E-state index contributed by atoms with van der Waals surface area (Å²) in [6, 6.07) is 7.29. The second-order valence-corrected chi connectivity index (χ2v) is 7.91. The highest BCUT2D eigenvalue weighted by atomic mass is 32.1. The summed E-state index contributed by atoms with van der Waals surface area (Å²) in [4.78, 5) is 42.1. The van der Waals surface area contributed by atoms with Gasteiger partial charge >= 0.3 is 5.97 Å². The molecule has 27 heavy (non-hydrogen) atoms. The van der Waals surface area contributed by atoms with E-state index < -0.39 is 23.0 Å². The number of aromatic nitrogens is 2. The number of hydrogen-bond donors (Lipinski definition) is 2. The van der Waals surface area contributed by atoms with Gasteiger partial charge in [0.1, 0.15) is 16.2 Å². The summed E-state index contributed by atoms with van der Waals surface area (Å²) in [5.74, 6) is -1.57. The number of aliphatic carboxylic acids is 1. The predicted molar refractivity (Wildman–Crippen MR) is 104 cm³/mol. The Balaban J connectivity index is 2.49. The number of carboxylic acids is 1. The standard InChI is InChI=1S/C19H19N3O4S/c1-9-5-7-11(8-6-9)15-21-16-12(10(2)13(27-16)14(20)23)17(24)22(15)19(3,4)18(25)26/h5-8H,1-4H3,(H2,20,23)(H,25,26). The van der Waals surface area contributed by atoms with Crippen LogP contribution >= 0.6 is 11.3 Å². The van der Waals surface area contributed by atoms with Crippen LogP contribution in [0.2, 0.25) is 0 Å². The third-order valence-electron chi connectivity index (χ3n) is 4.58. The lowest BCUT2D eigenvalue weighted by atomic mass is 10.0. The first-order valence-corrected chi connectivity index (χ1v) is 9.04. The van der Waals surface area contributed by atoms with Crippen LogP contribution in [0.3, 0.4) is 0 Å². The summed E-state index contributed by atoms with van der Waals surface area (Å²) in [5, 5.41) is 9.93. The minimum Gasteiger partial charge on any atom is -0.480 e. The molecular formula is C19H19N3O4S. The van der Waals surface area contributed by atoms with Crippen LogP contribution in [0.25, 0.3) is 21.6 Å². The molecule has 1 amide bonds. The molecule has 0 radical (unpaired) electrons. The monoisotopic (exact) mass is 385 g/mol. The Bertz CT molecular complexity index is 1140. The molecule has 0 aliphatic carbocycles. The van der Waals surface area contributed by atoms with Crippen LogP contribution in [0, 0.1) is 13.8 Å². The van der Waals surface area contributed by atoms with Crippen molar-refractivity contribution in [2.75, 3.05) is 0 Å². The van der Waals surface area contributed by atoms with Gasteiger partial charge in [-0.05, 0) is 33.3 Å². The molecular weight excluding hydrogens is 366 g/mol. The first-order chi connectivity index (χ1) is 12.6. The Morgan fingerprint density at radius 2 is 1.78 bits per heavy atom. The Morgan fingerprint density at radius 3 is 2.30 bits per heavy atom. The van der Waals surface area contributed by atoms with Gasteiger partial charge in [-0.15, -0.1) is 11.3 Å². The van der Waals surface area contributed by atoms with E-state index in [-0.39, 0.29) is 16.1 Å². The number of nitrogens with zero attached hydrogens (tertiary/aromatic N) is 2. The van der Waals surface area contributed by atoms with Gasteiger partial charge in [0, 0.05) is 5.56 Å². The summed E-state index contributed by atoms with van der Waals surface area (Å²) in [6.45, 7) is 6.43. The normalized spacial score (nSPS) is 11.7. The molecule has 0 saturated carbocycles. The van der Waals surface area contributed by atoms with Crippen LogP contribution in [0.4, 0.5) is 0 Å². The zero-order valence-corrected chi connectivity index (χ0v) is 16.2. The SMILES string of the molecule is Cc1ccc(-c2nc3sc(C(N)=O)c(C)c3c(=O)n2C(C)(C)C(=O)O)cc1. The molecule has 0 aliphatic heterocycles. The van der Waals surface area contributed by atoms with E-state index >= 15 is 0 Å². The number of fused-ring (bicyclic) bond motifs is 1. The maximum atomic E-state index is 13.3. The van der Waals surface area contributed by atoms with Crippen molar-refractivity contribution in [3.63, 3.8) is 0 Å². The van der Waals surface area contributed by atoms with Crippen LogP contribution in [0.5, 0.6) is 0 Å². The minimum atomic E-state index is -1.54. The van der Waals surface area contributed by atoms with E-state index in [4.69, 9.17) is 5.73 Å². The Hall–Kier alpha value is -3.00. The highest BCUT2D eigenvalue weighted by Crippen LogP contribution is 2.31. The summed E-state index contributed by atoms with van der Waals surface area (Å²) < 4.78 is 1.17. The van der Waals surface area contributed by atoms with Crippen LogP contribution in [0.15, 0.2) is 29.1 Å². The van der Waals surface area contributed by atoms with Gasteiger partial charge in [-0.3, -0.25) is 14.2 Å². The molecule has 3 rings (SSSR count). The van der Waals surface area contributed by atoms with Crippen molar-refractivity contribution >= 4 is 33.4 Å². The number of carbonyl (C=O) groups is 2. The van der Waals surface area contributed by atoms with Gasteiger partial charge in [0.2, 0.25) is 0 Å². The van der Waals surface area contributed by atoms with Gasteiger partial charge in [0.25, 0.3) is 11.5 Å². The van der Waals surface area contributed by atoms with Gasteiger partial charge in [-0.25, -0.2) is 9.78 Å². The van der Waals surface area contributed by atoms with Gasteiger partial charge in [0.15, 0.2) is 0 Å². The molecule has 1 aromatic carbocycles. The number of nitrogens with two attached hydrogens (primary N) is 1. The topological polar surface area (TPSA) is 115 Å². The van der Waals surface area contributed by atoms with Crippen molar-refractivity contribution in [3.8, 4) is 11.4 Å². The van der Waals surface area contributed by atoms with Crippen LogP contribution in [-0.2, 0) is 10.3 Å². The average molecular weight is 385 g/mol. The number of aryl methyl sites for hydroxylation is 2. The molecule has 0 unspecified atom stereocenters. The quantitative estimate of drug-likeness (QED) is 0.716. The van der Waals surface area contributed by atoms with Gasteiger partial charge < -0.3 is 10.8 Å². The second kappa shape index (κ2) is 6.31. The van der Waals surface area contributed by atoms with Gasteiger partial charge in [-0.1, -0.05) is 29.8 Å². The zero-order chi connectivity index (χ0) is 20.1. The summed E-state index contributed by atoms with van der Waals surface area (Å²) in [7, 11) is 0. The lowest BCUT2D eigenvalue weighted by Crippen LogP contribution is -2.44. The number of rotatable bonds is 4. The molecule has 0 saturated heterocycles. The molecule has 0 atom stereocenters. The number of primary amides is 1. The molecule has 2 aromatic heterocycles. The Kier molecular flexibility index (Phi) is 4.39. The average Bonchev–Trinajstić information content (AvgIpc) is 2.92. The van der Waals surface area contributed by atoms with Crippen molar-refractivity contribution in [1.29, 1.82) is 0 Å². The molecule has 8 heteroatoms. The Labute approximate surface area is 159 Å². The number of thiophene rings is 1. The third kappa shape index (κ3) is 2.91. The van der Waals surface area contributed by atoms with Crippen LogP contribution in [-0.4, -0.2) is 26.5 Å². The molecule has 7 nitrogen and oxygen atoms in total. The molecule has 2 heterocycles. The predicted octanol–water partition coefficient (Wildman–Crippen LogP) is 2.66. The maximum absolute atomic E-state index is 13.3. The van der Waals surface area contributed by atoms with E-state index in [9.17, 15) is 19.5 Å². The van der Waals surface area contributed by atoms with Gasteiger partial charge in [0.05, 0.1) is 10.3 Å². The molecule has 0 fully saturated rings. The Morgan fingerprint density at radius 1 is 1.19 bits per heavy atom. The van der Waals surface area contributed by atoms with Crippen LogP contribution < -0.4 is 11.3 Å². The number of hydrogen-bond acceptors (Lipinski definition) is 5. The number of carboxylic acid groups (broad SMARTS) is 1. The minimum absolute atomic E-state index is 0.221. The fourth-order valence-electron chi connectivity index (χ4n) is 2.93. The summed E-state index contributed by atoms with van der Waals surface area (Å²) >= 11 is 1.04. The molecule has 0 aliphatic rings. The smallest absolute Gasteiger partial charge is 0.329 e. The first kappa shape index (κ1) is 18.8. The molecule has 0 spiro atoms. The highest BCUT2D eigenvalue weighted by Gasteiger charge is 2.35. The van der Waals surface area contributed by atoms with E-state index in [0.717, 1.165) is 16.9 Å². The van der Waals surface area contributed by atoms with Crippen molar-refractivity contribution in [3.05, 3.63) is 50.6 Å². The zero-order valence-electron chi connectivity index (χ0n) is 15.4. The number of benzene rings is 1. The molecule has 3 N–H and O–H groups in total. The third-order valence-corrected chi connectivity index (χ3v) is 5.78. The van der Waals surface area contributed by atoms with Crippen molar-refractivity contribution < 1.29 is 14.7 Å². The lowest BCUT2D eigenvalue weighted by molar-refractivity contribution is -0.145. The number of amides is 1.